The lowest BCUT2D eigenvalue weighted by Crippen LogP contribution is -2.45. The van der Waals surface area contributed by atoms with Gasteiger partial charge in [-0.2, -0.15) is 0 Å². The smallest absolute Gasteiger partial charge is 0.220 e. The molecule has 0 rings (SSSR count). The molecule has 0 saturated carbocycles. The first-order chi connectivity index (χ1) is 33.2. The topological polar surface area (TPSA) is 69.6 Å². The Balaban J connectivity index is 3.48. The van der Waals surface area contributed by atoms with Gasteiger partial charge in [-0.3, -0.25) is 4.79 Å². The van der Waals surface area contributed by atoms with Crippen LogP contribution in [0.25, 0.3) is 0 Å². The molecule has 394 valence electrons. The van der Waals surface area contributed by atoms with Crippen LogP contribution in [0.2, 0.25) is 0 Å². The quantitative estimate of drug-likeness (QED) is 0.0420. The third-order valence-corrected chi connectivity index (χ3v) is 14.0. The number of hydrogen-bond acceptors (Lipinski definition) is 3. The van der Waals surface area contributed by atoms with Crippen molar-refractivity contribution < 1.29 is 15.0 Å². The zero-order chi connectivity index (χ0) is 48.5. The van der Waals surface area contributed by atoms with E-state index in [1.54, 1.807) is 6.08 Å². The highest BCUT2D eigenvalue weighted by Gasteiger charge is 2.18. The normalized spacial score (nSPS) is 13.1. The minimum Gasteiger partial charge on any atom is -0.394 e. The van der Waals surface area contributed by atoms with Gasteiger partial charge in [0.15, 0.2) is 0 Å². The van der Waals surface area contributed by atoms with Gasteiger partial charge in [-0.25, -0.2) is 0 Å². The summed E-state index contributed by atoms with van der Waals surface area (Å²) in [6.45, 7) is 4.33. The summed E-state index contributed by atoms with van der Waals surface area (Å²) >= 11 is 0. The molecule has 0 saturated heterocycles. The Kier molecular flexibility index (Phi) is 57.2. The lowest BCUT2D eigenvalue weighted by Gasteiger charge is -2.19. The van der Waals surface area contributed by atoms with E-state index < -0.39 is 12.1 Å². The van der Waals surface area contributed by atoms with Crippen LogP contribution in [0.15, 0.2) is 48.6 Å². The molecule has 2 atom stereocenters. The third-order valence-electron chi connectivity index (χ3n) is 14.0. The van der Waals surface area contributed by atoms with Crippen LogP contribution in [0.5, 0.6) is 0 Å². The molecule has 0 bridgehead atoms. The molecule has 0 aliphatic rings. The molecule has 0 heterocycles. The van der Waals surface area contributed by atoms with Crippen LogP contribution < -0.4 is 5.32 Å². The summed E-state index contributed by atoms with van der Waals surface area (Å²) in [4.78, 5) is 12.5. The number of aliphatic hydroxyl groups excluding tert-OH is 2. The molecule has 1 amide bonds. The lowest BCUT2D eigenvalue weighted by atomic mass is 10.0. The Labute approximate surface area is 420 Å². The Morgan fingerprint density at radius 1 is 0.358 bits per heavy atom. The highest BCUT2D eigenvalue weighted by atomic mass is 16.3. The standard InChI is InChI=1S/C63H119NO3/c1-3-5-7-9-11-13-15-17-19-21-23-25-27-28-29-30-31-32-33-34-35-36-37-39-41-43-45-47-49-51-53-55-57-59-63(67)64-61(60-65)62(66)58-56-54-52-50-48-46-44-42-40-38-26-24-22-20-18-16-14-12-10-8-6-4-2/h23,25,28-29,48,50,56,58,61-62,65-66H,3-22,24,26-27,30-47,49,51-55,57,59-60H2,1-2H3,(H,64,67)/b25-23-,29-28-,50-48+,58-56+. The largest absolute Gasteiger partial charge is 0.394 e. The maximum absolute atomic E-state index is 12.5. The van der Waals surface area contributed by atoms with Gasteiger partial charge in [0.05, 0.1) is 18.8 Å². The maximum Gasteiger partial charge on any atom is 0.220 e. The highest BCUT2D eigenvalue weighted by Crippen LogP contribution is 2.17. The third kappa shape index (κ3) is 55.2. The number of aliphatic hydroxyl groups is 2. The fraction of sp³-hybridized carbons (Fsp3) is 0.857. The van der Waals surface area contributed by atoms with Crippen LogP contribution in [-0.4, -0.2) is 34.9 Å². The SMILES string of the molecule is CCCCCCCCCCC/C=C\C/C=C\CCCCCCCCCCCCCCCCCCCC(=O)NC(CO)C(O)/C=C/CC/C=C/CCCCCCCCCCCCCCCCCC. The van der Waals surface area contributed by atoms with Gasteiger partial charge in [-0.15, -0.1) is 0 Å². The fourth-order valence-electron chi connectivity index (χ4n) is 9.41. The molecule has 0 aromatic rings. The highest BCUT2D eigenvalue weighted by molar-refractivity contribution is 5.76. The van der Waals surface area contributed by atoms with Gasteiger partial charge in [0.1, 0.15) is 0 Å². The van der Waals surface area contributed by atoms with Crippen LogP contribution >= 0.6 is 0 Å². The minimum absolute atomic E-state index is 0.0693. The molecule has 0 aromatic carbocycles. The van der Waals surface area contributed by atoms with Gasteiger partial charge in [-0.1, -0.05) is 306 Å². The molecule has 0 aliphatic carbocycles. The average Bonchev–Trinajstić information content (AvgIpc) is 3.33. The molecule has 4 heteroatoms. The van der Waals surface area contributed by atoms with Crippen molar-refractivity contribution in [2.24, 2.45) is 0 Å². The van der Waals surface area contributed by atoms with Gasteiger partial charge >= 0.3 is 0 Å². The minimum atomic E-state index is -0.863. The molecule has 3 N–H and O–H groups in total. The van der Waals surface area contributed by atoms with Gasteiger partial charge in [0.25, 0.3) is 0 Å². The predicted molar refractivity (Wildman–Crippen MR) is 299 cm³/mol. The first kappa shape index (κ1) is 65.3. The summed E-state index contributed by atoms with van der Waals surface area (Å²) in [5, 5.41) is 23.2. The van der Waals surface area contributed by atoms with Crippen molar-refractivity contribution in [1.82, 2.24) is 5.32 Å². The molecule has 0 spiro atoms. The first-order valence-corrected chi connectivity index (χ1v) is 30.4. The molecule has 2 unspecified atom stereocenters. The van der Waals surface area contributed by atoms with Crippen molar-refractivity contribution in [3.05, 3.63) is 48.6 Å². The van der Waals surface area contributed by atoms with Crippen LogP contribution in [-0.2, 0) is 4.79 Å². The van der Waals surface area contributed by atoms with E-state index in [2.05, 4.69) is 55.6 Å². The number of amides is 1. The second-order valence-electron chi connectivity index (χ2n) is 20.8. The first-order valence-electron chi connectivity index (χ1n) is 30.4. The molecular formula is C63H119NO3. The fourth-order valence-corrected chi connectivity index (χ4v) is 9.41. The van der Waals surface area contributed by atoms with Crippen LogP contribution in [0.4, 0.5) is 0 Å². The monoisotopic (exact) mass is 938 g/mol. The molecule has 67 heavy (non-hydrogen) atoms. The van der Waals surface area contributed by atoms with E-state index in [0.29, 0.717) is 6.42 Å². The summed E-state index contributed by atoms with van der Waals surface area (Å²) in [7, 11) is 0. The Hall–Kier alpha value is -1.65. The zero-order valence-electron chi connectivity index (χ0n) is 45.4. The Morgan fingerprint density at radius 3 is 0.955 bits per heavy atom. The van der Waals surface area contributed by atoms with Crippen molar-refractivity contribution in [2.75, 3.05) is 6.61 Å². The second-order valence-corrected chi connectivity index (χ2v) is 20.8. The van der Waals surface area contributed by atoms with E-state index in [4.69, 9.17) is 0 Å². The van der Waals surface area contributed by atoms with E-state index >= 15 is 0 Å². The van der Waals surface area contributed by atoms with Crippen LogP contribution in [0.3, 0.4) is 0 Å². The molecule has 0 aromatic heterocycles. The number of rotatable bonds is 56. The number of allylic oxidation sites excluding steroid dienone is 7. The van der Waals surface area contributed by atoms with Crippen LogP contribution in [0.1, 0.15) is 328 Å². The van der Waals surface area contributed by atoms with Crippen molar-refractivity contribution in [3.8, 4) is 0 Å². The molecule has 0 radical (unpaired) electrons. The number of nitrogens with one attached hydrogen (secondary N) is 1. The summed E-state index contributed by atoms with van der Waals surface area (Å²) in [6, 6.07) is -0.640. The zero-order valence-corrected chi connectivity index (χ0v) is 45.4. The van der Waals surface area contributed by atoms with E-state index in [1.807, 2.05) is 6.08 Å². The second kappa shape index (κ2) is 58.7. The maximum atomic E-state index is 12.5. The number of unbranched alkanes of at least 4 members (excludes halogenated alkanes) is 43. The van der Waals surface area contributed by atoms with Gasteiger partial charge in [0.2, 0.25) is 5.91 Å². The van der Waals surface area contributed by atoms with E-state index in [1.165, 1.54) is 270 Å². The molecular weight excluding hydrogens is 819 g/mol. The summed E-state index contributed by atoms with van der Waals surface area (Å²) in [6.07, 6.45) is 81.5. The van der Waals surface area contributed by atoms with Crippen molar-refractivity contribution in [2.45, 2.75) is 341 Å². The van der Waals surface area contributed by atoms with E-state index in [-0.39, 0.29) is 12.5 Å². The number of carbonyl (C=O) groups is 1. The average molecular weight is 939 g/mol. The number of carbonyl (C=O) groups excluding carboxylic acids is 1. The Morgan fingerprint density at radius 2 is 0.627 bits per heavy atom. The van der Waals surface area contributed by atoms with E-state index in [9.17, 15) is 15.0 Å². The molecule has 4 nitrogen and oxygen atoms in total. The van der Waals surface area contributed by atoms with Gasteiger partial charge in [-0.05, 0) is 64.2 Å². The molecule has 0 fully saturated rings. The number of hydrogen-bond donors (Lipinski definition) is 3. The van der Waals surface area contributed by atoms with Gasteiger partial charge in [0, 0.05) is 6.42 Å². The summed E-state index contributed by atoms with van der Waals surface area (Å²) in [5.41, 5.74) is 0. The lowest BCUT2D eigenvalue weighted by molar-refractivity contribution is -0.123. The van der Waals surface area contributed by atoms with Crippen LogP contribution in [0, 0.1) is 0 Å². The predicted octanol–water partition coefficient (Wildman–Crippen LogP) is 20.2. The molecule has 0 aliphatic heterocycles. The van der Waals surface area contributed by atoms with Crippen molar-refractivity contribution in [3.63, 3.8) is 0 Å². The summed E-state index contributed by atoms with van der Waals surface area (Å²) in [5.74, 6) is -0.0693. The van der Waals surface area contributed by atoms with Crippen molar-refractivity contribution in [1.29, 1.82) is 0 Å². The summed E-state index contributed by atoms with van der Waals surface area (Å²) < 4.78 is 0. The van der Waals surface area contributed by atoms with Crippen molar-refractivity contribution >= 4 is 5.91 Å². The Bertz CT molecular complexity index is 1060. The van der Waals surface area contributed by atoms with Gasteiger partial charge < -0.3 is 15.5 Å². The van der Waals surface area contributed by atoms with E-state index in [0.717, 1.165) is 38.5 Å².